The average Bonchev–Trinajstić information content (AvgIpc) is 2.97. The molecule has 3 aliphatic heterocycles. The van der Waals surface area contributed by atoms with Gasteiger partial charge in [-0.2, -0.15) is 0 Å². The van der Waals surface area contributed by atoms with Gasteiger partial charge in [0.25, 0.3) is 0 Å². The first-order valence-corrected chi connectivity index (χ1v) is 10.3. The third kappa shape index (κ3) is 2.27. The molecule has 1 saturated carbocycles. The van der Waals surface area contributed by atoms with Gasteiger partial charge in [0, 0.05) is 25.0 Å². The van der Waals surface area contributed by atoms with Gasteiger partial charge in [-0.25, -0.2) is 0 Å². The maximum Gasteiger partial charge on any atom is 0.208 e. The Morgan fingerprint density at radius 1 is 1.26 bits per heavy atom. The number of likely N-dealkylation sites (tertiary alicyclic amines) is 1. The van der Waals surface area contributed by atoms with Gasteiger partial charge in [-0.1, -0.05) is 6.08 Å². The molecular formula is C21H31NO5. The maximum absolute atomic E-state index is 12.3. The van der Waals surface area contributed by atoms with Crippen molar-refractivity contribution in [3.05, 3.63) is 23.7 Å². The molecule has 1 spiro atoms. The van der Waals surface area contributed by atoms with Crippen LogP contribution < -0.4 is 0 Å². The molecule has 3 saturated heterocycles. The van der Waals surface area contributed by atoms with Crippen molar-refractivity contribution in [1.82, 2.24) is 4.90 Å². The number of aliphatic hydroxyl groups is 1. The zero-order valence-corrected chi connectivity index (χ0v) is 16.5. The maximum atomic E-state index is 12.3. The molecule has 0 aromatic carbocycles. The summed E-state index contributed by atoms with van der Waals surface area (Å²) in [5.41, 5.74) is -1.37. The van der Waals surface area contributed by atoms with Crippen molar-refractivity contribution in [3.8, 4) is 0 Å². The molecule has 0 aromatic rings. The monoisotopic (exact) mass is 377 g/mol. The molecule has 3 heterocycles. The fourth-order valence-electron chi connectivity index (χ4n) is 6.46. The Labute approximate surface area is 161 Å². The number of hydrogen-bond donors (Lipinski definition) is 1. The number of allylic oxidation sites excluding steroid dienone is 3. The van der Waals surface area contributed by atoms with Gasteiger partial charge >= 0.3 is 0 Å². The van der Waals surface area contributed by atoms with E-state index in [1.165, 1.54) is 0 Å². The summed E-state index contributed by atoms with van der Waals surface area (Å²) in [7, 11) is 3.82. The quantitative estimate of drug-likeness (QED) is 0.755. The van der Waals surface area contributed by atoms with E-state index in [0.29, 0.717) is 25.6 Å². The first-order valence-electron chi connectivity index (χ1n) is 10.3. The molecular weight excluding hydrogens is 346 g/mol. The van der Waals surface area contributed by atoms with Crippen LogP contribution in [0.3, 0.4) is 0 Å². The lowest BCUT2D eigenvalue weighted by atomic mass is 9.48. The van der Waals surface area contributed by atoms with Gasteiger partial charge in [-0.3, -0.25) is 0 Å². The minimum Gasteiger partial charge on any atom is -0.493 e. The Morgan fingerprint density at radius 2 is 2.11 bits per heavy atom. The molecule has 2 bridgehead atoms. The Kier molecular flexibility index (Phi) is 4.14. The van der Waals surface area contributed by atoms with E-state index >= 15 is 0 Å². The SMILES string of the molecule is COC1=C2O[C@H]3OCC[C@@H](C)OCCC4(O)[C@H]5CC(C=C1)C2[C@@]34CCN5C. The lowest BCUT2D eigenvalue weighted by Gasteiger charge is -2.63. The van der Waals surface area contributed by atoms with Crippen LogP contribution in [0.5, 0.6) is 0 Å². The first kappa shape index (κ1) is 18.0. The third-order valence-corrected chi connectivity index (χ3v) is 7.82. The average molecular weight is 377 g/mol. The van der Waals surface area contributed by atoms with Gasteiger partial charge in [0.15, 0.2) is 5.76 Å². The molecule has 150 valence electrons. The van der Waals surface area contributed by atoms with Crippen molar-refractivity contribution < 1.29 is 24.1 Å². The van der Waals surface area contributed by atoms with E-state index in [1.807, 2.05) is 6.08 Å². The van der Waals surface area contributed by atoms with Crippen LogP contribution in [0.1, 0.15) is 32.6 Å². The highest BCUT2D eigenvalue weighted by atomic mass is 16.7. The number of ether oxygens (including phenoxy) is 4. The Hall–Kier alpha value is -1.08. The van der Waals surface area contributed by atoms with Gasteiger partial charge < -0.3 is 29.0 Å². The lowest BCUT2D eigenvalue weighted by Crippen LogP contribution is -2.74. The zero-order valence-electron chi connectivity index (χ0n) is 16.5. The van der Waals surface area contributed by atoms with E-state index in [1.54, 1.807) is 7.11 Å². The van der Waals surface area contributed by atoms with E-state index in [2.05, 4.69) is 24.9 Å². The van der Waals surface area contributed by atoms with Crippen LogP contribution in [0.4, 0.5) is 0 Å². The summed E-state index contributed by atoms with van der Waals surface area (Å²) in [6, 6.07) is 0.0774. The summed E-state index contributed by atoms with van der Waals surface area (Å²) >= 11 is 0. The lowest BCUT2D eigenvalue weighted by molar-refractivity contribution is -0.286. The first-order chi connectivity index (χ1) is 13.0. The van der Waals surface area contributed by atoms with Crippen LogP contribution in [-0.4, -0.2) is 68.0 Å². The highest BCUT2D eigenvalue weighted by Crippen LogP contribution is 2.67. The second kappa shape index (κ2) is 6.21. The number of likely N-dealkylation sites (N-methyl/N-ethyl adjacent to an activating group) is 1. The molecule has 1 N–H and O–H groups in total. The zero-order chi connectivity index (χ0) is 18.8. The summed E-state index contributed by atoms with van der Waals surface area (Å²) in [4.78, 5) is 2.33. The highest BCUT2D eigenvalue weighted by molar-refractivity contribution is 5.36. The van der Waals surface area contributed by atoms with Gasteiger partial charge in [-0.15, -0.1) is 0 Å². The van der Waals surface area contributed by atoms with E-state index in [-0.39, 0.29) is 18.1 Å². The number of methoxy groups -OCH3 is 1. The van der Waals surface area contributed by atoms with Crippen molar-refractivity contribution in [3.63, 3.8) is 0 Å². The molecule has 0 aromatic heterocycles. The molecule has 5 aliphatic rings. The Bertz CT molecular complexity index is 677. The Morgan fingerprint density at radius 3 is 2.93 bits per heavy atom. The predicted molar refractivity (Wildman–Crippen MR) is 98.7 cm³/mol. The largest absolute Gasteiger partial charge is 0.493 e. The summed E-state index contributed by atoms with van der Waals surface area (Å²) in [6.45, 7) is 4.15. The molecule has 3 unspecified atom stereocenters. The van der Waals surface area contributed by atoms with Gasteiger partial charge in [-0.05, 0) is 51.8 Å². The Balaban J connectivity index is 1.66. The number of rotatable bonds is 1. The van der Waals surface area contributed by atoms with Gasteiger partial charge in [0.1, 0.15) is 5.76 Å². The van der Waals surface area contributed by atoms with Crippen molar-refractivity contribution in [1.29, 1.82) is 0 Å². The van der Waals surface area contributed by atoms with E-state index in [4.69, 9.17) is 18.9 Å². The van der Waals surface area contributed by atoms with Crippen LogP contribution in [0.25, 0.3) is 0 Å². The number of piperidine rings is 1. The van der Waals surface area contributed by atoms with Crippen LogP contribution >= 0.6 is 0 Å². The normalized spacial score (nSPS) is 49.4. The van der Waals surface area contributed by atoms with Crippen molar-refractivity contribution in [2.75, 3.05) is 33.9 Å². The van der Waals surface area contributed by atoms with E-state index in [9.17, 15) is 5.11 Å². The molecule has 5 rings (SSSR count). The number of nitrogens with zero attached hydrogens (tertiary/aromatic N) is 1. The molecule has 4 fully saturated rings. The fraction of sp³-hybridized carbons (Fsp3) is 0.810. The van der Waals surface area contributed by atoms with E-state index < -0.39 is 17.3 Å². The number of hydrogen-bond acceptors (Lipinski definition) is 6. The topological polar surface area (TPSA) is 60.4 Å². The van der Waals surface area contributed by atoms with Crippen LogP contribution in [0.2, 0.25) is 0 Å². The molecule has 0 radical (unpaired) electrons. The second-order valence-corrected chi connectivity index (χ2v) is 8.92. The summed E-state index contributed by atoms with van der Waals surface area (Å²) in [5.74, 6) is 2.10. The molecule has 7 atom stereocenters. The molecule has 2 aliphatic carbocycles. The van der Waals surface area contributed by atoms with Crippen molar-refractivity contribution in [2.45, 2.75) is 56.6 Å². The highest BCUT2D eigenvalue weighted by Gasteiger charge is 2.74. The smallest absolute Gasteiger partial charge is 0.208 e. The van der Waals surface area contributed by atoms with Crippen molar-refractivity contribution in [2.24, 2.45) is 17.3 Å². The summed E-state index contributed by atoms with van der Waals surface area (Å²) in [6.07, 6.45) is 7.19. The van der Waals surface area contributed by atoms with Gasteiger partial charge in [0.2, 0.25) is 6.29 Å². The minimum atomic E-state index is -0.908. The molecule has 27 heavy (non-hydrogen) atoms. The third-order valence-electron chi connectivity index (χ3n) is 7.82. The van der Waals surface area contributed by atoms with Gasteiger partial charge in [0.05, 0.1) is 30.8 Å². The van der Waals surface area contributed by atoms with Crippen LogP contribution in [0, 0.1) is 17.3 Å². The van der Waals surface area contributed by atoms with Crippen molar-refractivity contribution >= 4 is 0 Å². The predicted octanol–water partition coefficient (Wildman–Crippen LogP) is 2.04. The summed E-state index contributed by atoms with van der Waals surface area (Å²) < 4.78 is 24.4. The van der Waals surface area contributed by atoms with Crippen LogP contribution in [-0.2, 0) is 18.9 Å². The fourth-order valence-corrected chi connectivity index (χ4v) is 6.46. The molecule has 0 amide bonds. The standard InChI is InChI=1S/C21H31NO5/c1-13-6-10-26-19-20-7-9-22(2)16(21(20,23)8-11-25-13)12-14-4-5-15(24-3)18(27-19)17(14)20/h4-5,13-14,16-17,19,23H,6-12H2,1-3H3/t13-,14?,16-,17?,19-,20+,21?/m1/s1. The van der Waals surface area contributed by atoms with E-state index in [0.717, 1.165) is 37.3 Å². The summed E-state index contributed by atoms with van der Waals surface area (Å²) in [5, 5.41) is 12.3. The minimum absolute atomic E-state index is 0.0774. The molecule has 6 nitrogen and oxygen atoms in total. The molecule has 6 heteroatoms. The van der Waals surface area contributed by atoms with Crippen LogP contribution in [0.15, 0.2) is 23.7 Å². The second-order valence-electron chi connectivity index (χ2n) is 8.92.